The molecule has 0 amide bonds. The van der Waals surface area contributed by atoms with Crippen molar-refractivity contribution in [2.24, 2.45) is 5.73 Å². The second-order valence-electron chi connectivity index (χ2n) is 4.38. The Morgan fingerprint density at radius 1 is 1.47 bits per heavy atom. The molecule has 3 heteroatoms. The van der Waals surface area contributed by atoms with E-state index in [1.54, 1.807) is 0 Å². The van der Waals surface area contributed by atoms with Crippen LogP contribution in [0, 0.1) is 6.92 Å². The molecule has 3 unspecified atom stereocenters. The van der Waals surface area contributed by atoms with Crippen LogP contribution < -0.4 is 5.73 Å². The maximum atomic E-state index is 6.17. The van der Waals surface area contributed by atoms with E-state index in [2.05, 4.69) is 18.0 Å². The van der Waals surface area contributed by atoms with Crippen LogP contribution in [-0.2, 0) is 4.74 Å². The van der Waals surface area contributed by atoms with Gasteiger partial charge in [0.15, 0.2) is 0 Å². The first-order chi connectivity index (χ1) is 7.16. The molecule has 3 nitrogen and oxygen atoms in total. The predicted molar refractivity (Wildman–Crippen MR) is 59.5 cm³/mol. The van der Waals surface area contributed by atoms with Crippen LogP contribution in [0.4, 0.5) is 0 Å². The third-order valence-corrected chi connectivity index (χ3v) is 2.95. The smallest absolute Gasteiger partial charge is 0.0772 e. The van der Waals surface area contributed by atoms with Crippen molar-refractivity contribution in [2.75, 3.05) is 0 Å². The van der Waals surface area contributed by atoms with Crippen LogP contribution in [0.3, 0.4) is 0 Å². The number of aromatic nitrogens is 1. The van der Waals surface area contributed by atoms with E-state index in [4.69, 9.17) is 10.5 Å². The van der Waals surface area contributed by atoms with Gasteiger partial charge in [-0.05, 0) is 37.8 Å². The van der Waals surface area contributed by atoms with E-state index in [1.807, 2.05) is 19.3 Å². The second kappa shape index (κ2) is 4.29. The maximum absolute atomic E-state index is 6.17. The first kappa shape index (κ1) is 10.6. The maximum Gasteiger partial charge on any atom is 0.0772 e. The van der Waals surface area contributed by atoms with Crippen LogP contribution in [0.25, 0.3) is 0 Å². The second-order valence-corrected chi connectivity index (χ2v) is 4.38. The molecule has 1 saturated heterocycles. The molecule has 82 valence electrons. The minimum atomic E-state index is -0.0395. The van der Waals surface area contributed by atoms with E-state index < -0.39 is 0 Å². The summed E-state index contributed by atoms with van der Waals surface area (Å²) in [5.74, 6) is 0. The topological polar surface area (TPSA) is 48.1 Å². The van der Waals surface area contributed by atoms with Gasteiger partial charge in [0.25, 0.3) is 0 Å². The van der Waals surface area contributed by atoms with Crippen molar-refractivity contribution < 1.29 is 4.74 Å². The van der Waals surface area contributed by atoms with E-state index in [-0.39, 0.29) is 12.1 Å². The third-order valence-electron chi connectivity index (χ3n) is 2.95. The van der Waals surface area contributed by atoms with Crippen LogP contribution in [0.1, 0.15) is 36.9 Å². The predicted octanol–water partition coefficient (Wildman–Crippen LogP) is 1.96. The van der Waals surface area contributed by atoms with Crippen LogP contribution in [0.2, 0.25) is 0 Å². The quantitative estimate of drug-likeness (QED) is 0.804. The molecule has 1 fully saturated rings. The molecule has 1 aromatic rings. The number of rotatable bonds is 2. The molecule has 2 rings (SSSR count). The average Bonchev–Trinajstić information content (AvgIpc) is 2.64. The highest BCUT2D eigenvalue weighted by atomic mass is 16.5. The highest BCUT2D eigenvalue weighted by molar-refractivity contribution is 5.21. The van der Waals surface area contributed by atoms with Gasteiger partial charge >= 0.3 is 0 Å². The molecule has 1 aliphatic heterocycles. The molecule has 1 aliphatic rings. The fraction of sp³-hybridized carbons (Fsp3) is 0.583. The van der Waals surface area contributed by atoms with Gasteiger partial charge in [0.05, 0.1) is 18.2 Å². The van der Waals surface area contributed by atoms with Crippen molar-refractivity contribution in [3.05, 3.63) is 29.6 Å². The standard InChI is InChI=1S/C12H18N2O/c1-8-5-10(7-14-6-8)12(13)11-4-3-9(2)15-11/h5-7,9,11-12H,3-4,13H2,1-2H3. The fourth-order valence-electron chi connectivity index (χ4n) is 2.07. The van der Waals surface area contributed by atoms with Crippen molar-refractivity contribution >= 4 is 0 Å². The lowest BCUT2D eigenvalue weighted by Gasteiger charge is -2.19. The zero-order valence-corrected chi connectivity index (χ0v) is 9.31. The molecular formula is C12H18N2O. The van der Waals surface area contributed by atoms with Gasteiger partial charge in [0, 0.05) is 12.4 Å². The molecule has 0 saturated carbocycles. The van der Waals surface area contributed by atoms with Crippen molar-refractivity contribution in [3.8, 4) is 0 Å². The summed E-state index contributed by atoms with van der Waals surface area (Å²) >= 11 is 0. The van der Waals surface area contributed by atoms with Gasteiger partial charge in [-0.3, -0.25) is 4.98 Å². The van der Waals surface area contributed by atoms with Crippen LogP contribution in [0.15, 0.2) is 18.5 Å². The van der Waals surface area contributed by atoms with E-state index >= 15 is 0 Å². The van der Waals surface area contributed by atoms with Gasteiger partial charge in [-0.2, -0.15) is 0 Å². The lowest BCUT2D eigenvalue weighted by atomic mass is 10.0. The van der Waals surface area contributed by atoms with Crippen LogP contribution >= 0.6 is 0 Å². The Kier molecular flexibility index (Phi) is 3.03. The first-order valence-electron chi connectivity index (χ1n) is 5.49. The van der Waals surface area contributed by atoms with Crippen molar-refractivity contribution in [1.29, 1.82) is 0 Å². The SMILES string of the molecule is Cc1cncc(C(N)C2CCC(C)O2)c1. The monoisotopic (exact) mass is 206 g/mol. The molecule has 0 aromatic carbocycles. The van der Waals surface area contributed by atoms with Crippen LogP contribution in [0.5, 0.6) is 0 Å². The summed E-state index contributed by atoms with van der Waals surface area (Å²) in [6.45, 7) is 4.13. The summed E-state index contributed by atoms with van der Waals surface area (Å²) in [7, 11) is 0. The van der Waals surface area contributed by atoms with E-state index in [0.29, 0.717) is 6.10 Å². The molecule has 0 aliphatic carbocycles. The molecule has 1 aromatic heterocycles. The molecule has 0 bridgehead atoms. The highest BCUT2D eigenvalue weighted by Gasteiger charge is 2.28. The van der Waals surface area contributed by atoms with Gasteiger partial charge in [0.2, 0.25) is 0 Å². The summed E-state index contributed by atoms with van der Waals surface area (Å²) in [5.41, 5.74) is 8.39. The van der Waals surface area contributed by atoms with Crippen molar-refractivity contribution in [1.82, 2.24) is 4.98 Å². The van der Waals surface area contributed by atoms with Gasteiger partial charge in [-0.1, -0.05) is 6.07 Å². The number of aryl methyl sites for hydroxylation is 1. The van der Waals surface area contributed by atoms with E-state index in [0.717, 1.165) is 24.0 Å². The number of nitrogens with two attached hydrogens (primary N) is 1. The molecule has 0 spiro atoms. The Morgan fingerprint density at radius 2 is 2.27 bits per heavy atom. The molecule has 2 heterocycles. The molecule has 15 heavy (non-hydrogen) atoms. The molecular weight excluding hydrogens is 188 g/mol. The van der Waals surface area contributed by atoms with Crippen molar-refractivity contribution in [2.45, 2.75) is 44.9 Å². The highest BCUT2D eigenvalue weighted by Crippen LogP contribution is 2.28. The minimum Gasteiger partial charge on any atom is -0.373 e. The van der Waals surface area contributed by atoms with Crippen molar-refractivity contribution in [3.63, 3.8) is 0 Å². The zero-order valence-electron chi connectivity index (χ0n) is 9.31. The minimum absolute atomic E-state index is 0.0395. The normalized spacial score (nSPS) is 27.9. The fourth-order valence-corrected chi connectivity index (χ4v) is 2.07. The summed E-state index contributed by atoms with van der Waals surface area (Å²) < 4.78 is 5.76. The third kappa shape index (κ3) is 2.36. The van der Waals surface area contributed by atoms with E-state index in [9.17, 15) is 0 Å². The zero-order chi connectivity index (χ0) is 10.8. The Bertz CT molecular complexity index is 340. The lowest BCUT2D eigenvalue weighted by molar-refractivity contribution is 0.0400. The molecule has 0 radical (unpaired) electrons. The lowest BCUT2D eigenvalue weighted by Crippen LogP contribution is -2.26. The number of nitrogens with zero attached hydrogens (tertiary/aromatic N) is 1. The first-order valence-corrected chi connectivity index (χ1v) is 5.49. The number of hydrogen-bond donors (Lipinski definition) is 1. The summed E-state index contributed by atoms with van der Waals surface area (Å²) in [5, 5.41) is 0. The summed E-state index contributed by atoms with van der Waals surface area (Å²) in [6.07, 6.45) is 6.34. The Morgan fingerprint density at radius 3 is 2.87 bits per heavy atom. The number of ether oxygens (including phenoxy) is 1. The van der Waals surface area contributed by atoms with E-state index in [1.165, 1.54) is 0 Å². The van der Waals surface area contributed by atoms with Gasteiger partial charge in [0.1, 0.15) is 0 Å². The van der Waals surface area contributed by atoms with Gasteiger partial charge < -0.3 is 10.5 Å². The average molecular weight is 206 g/mol. The Balaban J connectivity index is 2.10. The molecule has 2 N–H and O–H groups in total. The van der Waals surface area contributed by atoms with Crippen LogP contribution in [-0.4, -0.2) is 17.2 Å². The summed E-state index contributed by atoms with van der Waals surface area (Å²) in [4.78, 5) is 4.16. The Hall–Kier alpha value is -0.930. The number of hydrogen-bond acceptors (Lipinski definition) is 3. The number of pyridine rings is 1. The van der Waals surface area contributed by atoms with Gasteiger partial charge in [-0.25, -0.2) is 0 Å². The Labute approximate surface area is 90.7 Å². The molecule has 3 atom stereocenters. The summed E-state index contributed by atoms with van der Waals surface area (Å²) in [6, 6.07) is 2.05. The van der Waals surface area contributed by atoms with Gasteiger partial charge in [-0.15, -0.1) is 0 Å². The largest absolute Gasteiger partial charge is 0.373 e.